The number of halogens is 1. The van der Waals surface area contributed by atoms with Gasteiger partial charge in [0.2, 0.25) is 0 Å². The quantitative estimate of drug-likeness (QED) is 0.890. The van der Waals surface area contributed by atoms with Crippen LogP contribution in [0.15, 0.2) is 26.7 Å². The van der Waals surface area contributed by atoms with Crippen molar-refractivity contribution in [2.24, 2.45) is 5.73 Å². The van der Waals surface area contributed by atoms with Gasteiger partial charge < -0.3 is 5.73 Å². The average molecular weight is 288 g/mol. The summed E-state index contributed by atoms with van der Waals surface area (Å²) >= 11 is 6.85. The molecule has 4 heteroatoms. The summed E-state index contributed by atoms with van der Waals surface area (Å²) in [6, 6.07) is 4.23. The molecule has 2 rings (SSSR count). The maximum absolute atomic E-state index is 6.17. The minimum Gasteiger partial charge on any atom is -0.320 e. The number of thiophene rings is 2. The van der Waals surface area contributed by atoms with Gasteiger partial charge in [-0.25, -0.2) is 0 Å². The van der Waals surface area contributed by atoms with Gasteiger partial charge in [-0.1, -0.05) is 0 Å². The van der Waals surface area contributed by atoms with E-state index in [1.54, 1.807) is 22.7 Å². The molecule has 0 amide bonds. The van der Waals surface area contributed by atoms with E-state index in [4.69, 9.17) is 5.73 Å². The van der Waals surface area contributed by atoms with Gasteiger partial charge in [0.1, 0.15) is 0 Å². The highest BCUT2D eigenvalue weighted by Crippen LogP contribution is 2.31. The summed E-state index contributed by atoms with van der Waals surface area (Å²) in [6.45, 7) is 2.10. The lowest BCUT2D eigenvalue weighted by atomic mass is 10.1. The van der Waals surface area contributed by atoms with Crippen LogP contribution in [-0.4, -0.2) is 0 Å². The maximum Gasteiger partial charge on any atom is 0.0701 e. The Morgan fingerprint density at radius 2 is 2.21 bits per heavy atom. The monoisotopic (exact) mass is 287 g/mol. The highest BCUT2D eigenvalue weighted by molar-refractivity contribution is 9.11. The van der Waals surface area contributed by atoms with Gasteiger partial charge in [-0.05, 0) is 56.9 Å². The van der Waals surface area contributed by atoms with Crippen LogP contribution in [0.2, 0.25) is 0 Å². The lowest BCUT2D eigenvalue weighted by molar-refractivity contribution is 0.890. The molecule has 2 aromatic rings. The minimum atomic E-state index is 0.0255. The van der Waals surface area contributed by atoms with E-state index in [0.29, 0.717) is 0 Å². The van der Waals surface area contributed by atoms with Crippen LogP contribution in [-0.2, 0) is 0 Å². The Morgan fingerprint density at radius 3 is 2.71 bits per heavy atom. The molecule has 1 unspecified atom stereocenters. The van der Waals surface area contributed by atoms with Crippen LogP contribution in [0.5, 0.6) is 0 Å². The second-order valence-electron chi connectivity index (χ2n) is 3.13. The molecule has 0 aliphatic heterocycles. The molecule has 0 spiro atoms. The van der Waals surface area contributed by atoms with Gasteiger partial charge in [-0.15, -0.1) is 22.7 Å². The molecule has 2 heterocycles. The van der Waals surface area contributed by atoms with Crippen LogP contribution in [0.3, 0.4) is 0 Å². The minimum absolute atomic E-state index is 0.0255. The van der Waals surface area contributed by atoms with E-state index < -0.39 is 0 Å². The average Bonchev–Trinajstić information content (AvgIpc) is 2.73. The molecule has 0 aliphatic carbocycles. The molecule has 0 aliphatic rings. The van der Waals surface area contributed by atoms with Crippen molar-refractivity contribution in [2.45, 2.75) is 13.0 Å². The SMILES string of the molecule is Cc1ccsc1C(N)c1csc(Br)c1. The van der Waals surface area contributed by atoms with Crippen molar-refractivity contribution < 1.29 is 0 Å². The van der Waals surface area contributed by atoms with E-state index in [0.717, 1.165) is 3.79 Å². The van der Waals surface area contributed by atoms with Crippen LogP contribution >= 0.6 is 38.6 Å². The highest BCUT2D eigenvalue weighted by Gasteiger charge is 2.13. The Kier molecular flexibility index (Phi) is 3.07. The van der Waals surface area contributed by atoms with Crippen molar-refractivity contribution in [3.05, 3.63) is 42.7 Å². The van der Waals surface area contributed by atoms with E-state index in [1.807, 2.05) is 0 Å². The topological polar surface area (TPSA) is 26.0 Å². The van der Waals surface area contributed by atoms with E-state index in [1.165, 1.54) is 16.0 Å². The molecule has 0 fully saturated rings. The van der Waals surface area contributed by atoms with E-state index in [-0.39, 0.29) is 6.04 Å². The molecule has 0 saturated heterocycles. The highest BCUT2D eigenvalue weighted by atomic mass is 79.9. The normalized spacial score (nSPS) is 13.1. The van der Waals surface area contributed by atoms with Crippen LogP contribution < -0.4 is 5.73 Å². The Morgan fingerprint density at radius 1 is 1.43 bits per heavy atom. The number of hydrogen-bond donors (Lipinski definition) is 1. The van der Waals surface area contributed by atoms with Gasteiger partial charge in [0, 0.05) is 4.88 Å². The van der Waals surface area contributed by atoms with Gasteiger partial charge in [0.05, 0.1) is 9.83 Å². The number of rotatable bonds is 2. The Bertz CT molecular complexity index is 433. The van der Waals surface area contributed by atoms with Crippen LogP contribution in [0.1, 0.15) is 22.0 Å². The number of hydrogen-bond acceptors (Lipinski definition) is 3. The Labute approximate surface area is 99.7 Å². The fourth-order valence-electron chi connectivity index (χ4n) is 1.34. The zero-order valence-electron chi connectivity index (χ0n) is 7.66. The largest absolute Gasteiger partial charge is 0.320 e. The van der Waals surface area contributed by atoms with Crippen molar-refractivity contribution in [3.63, 3.8) is 0 Å². The first-order valence-electron chi connectivity index (χ1n) is 4.22. The summed E-state index contributed by atoms with van der Waals surface area (Å²) in [6.07, 6.45) is 0. The lowest BCUT2D eigenvalue weighted by Gasteiger charge is -2.08. The third-order valence-corrected chi connectivity index (χ3v) is 4.76. The zero-order chi connectivity index (χ0) is 10.1. The van der Waals surface area contributed by atoms with Crippen LogP contribution in [0.25, 0.3) is 0 Å². The van der Waals surface area contributed by atoms with Crippen LogP contribution in [0.4, 0.5) is 0 Å². The molecular formula is C10H10BrNS2. The molecule has 2 N–H and O–H groups in total. The van der Waals surface area contributed by atoms with E-state index in [2.05, 4.69) is 45.7 Å². The van der Waals surface area contributed by atoms with Crippen molar-refractivity contribution in [1.82, 2.24) is 0 Å². The van der Waals surface area contributed by atoms with Crippen molar-refractivity contribution >= 4 is 38.6 Å². The fraction of sp³-hybridized carbons (Fsp3) is 0.200. The van der Waals surface area contributed by atoms with Gasteiger partial charge in [-0.2, -0.15) is 0 Å². The smallest absolute Gasteiger partial charge is 0.0701 e. The zero-order valence-corrected chi connectivity index (χ0v) is 10.9. The van der Waals surface area contributed by atoms with Crippen molar-refractivity contribution in [2.75, 3.05) is 0 Å². The van der Waals surface area contributed by atoms with Crippen molar-refractivity contribution in [1.29, 1.82) is 0 Å². The molecule has 1 atom stereocenters. The van der Waals surface area contributed by atoms with Gasteiger partial charge in [0.25, 0.3) is 0 Å². The molecule has 74 valence electrons. The first-order valence-corrected chi connectivity index (χ1v) is 6.77. The Balaban J connectivity index is 2.33. The Hall–Kier alpha value is -0.160. The molecule has 0 aromatic carbocycles. The molecule has 0 radical (unpaired) electrons. The molecular weight excluding hydrogens is 278 g/mol. The van der Waals surface area contributed by atoms with Gasteiger partial charge in [-0.3, -0.25) is 0 Å². The third-order valence-electron chi connectivity index (χ3n) is 2.13. The summed E-state index contributed by atoms with van der Waals surface area (Å²) in [7, 11) is 0. The first-order chi connectivity index (χ1) is 6.68. The second-order valence-corrected chi connectivity index (χ2v) is 6.37. The predicted octanol–water partition coefficient (Wildman–Crippen LogP) is 3.93. The molecule has 14 heavy (non-hydrogen) atoms. The fourth-order valence-corrected chi connectivity index (χ4v) is 3.51. The summed E-state index contributed by atoms with van der Waals surface area (Å²) in [5.41, 5.74) is 8.64. The van der Waals surface area contributed by atoms with Crippen molar-refractivity contribution in [3.8, 4) is 0 Å². The standard InChI is InChI=1S/C10H10BrNS2/c1-6-2-3-13-10(6)9(12)7-4-8(11)14-5-7/h2-5,9H,12H2,1H3. The summed E-state index contributed by atoms with van der Waals surface area (Å²) in [5, 5.41) is 4.19. The molecule has 2 aromatic heterocycles. The predicted molar refractivity (Wildman–Crippen MR) is 67.1 cm³/mol. The second kappa shape index (κ2) is 4.14. The van der Waals surface area contributed by atoms with Gasteiger partial charge in [0.15, 0.2) is 0 Å². The summed E-state index contributed by atoms with van der Waals surface area (Å²) in [4.78, 5) is 1.26. The molecule has 0 bridgehead atoms. The molecule has 0 saturated carbocycles. The van der Waals surface area contributed by atoms with Gasteiger partial charge >= 0.3 is 0 Å². The summed E-state index contributed by atoms with van der Waals surface area (Å²) in [5.74, 6) is 0. The number of nitrogens with two attached hydrogens (primary N) is 1. The molecule has 1 nitrogen and oxygen atoms in total. The number of aryl methyl sites for hydroxylation is 1. The maximum atomic E-state index is 6.17. The van der Waals surface area contributed by atoms with E-state index in [9.17, 15) is 0 Å². The lowest BCUT2D eigenvalue weighted by Crippen LogP contribution is -2.10. The first kappa shape index (κ1) is 10.4. The third kappa shape index (κ3) is 1.93. The van der Waals surface area contributed by atoms with E-state index >= 15 is 0 Å². The summed E-state index contributed by atoms with van der Waals surface area (Å²) < 4.78 is 1.14. The van der Waals surface area contributed by atoms with Crippen LogP contribution in [0, 0.1) is 6.92 Å².